The van der Waals surface area contributed by atoms with Crippen LogP contribution in [0.3, 0.4) is 0 Å². The van der Waals surface area contributed by atoms with Gasteiger partial charge in [-0.2, -0.15) is 0 Å². The van der Waals surface area contributed by atoms with Crippen molar-refractivity contribution >= 4 is 19.0 Å². The van der Waals surface area contributed by atoms with Gasteiger partial charge in [0.05, 0.1) is 16.9 Å². The molecular formula is C15H23BFN3O2. The molecule has 0 bridgehead atoms. The molecule has 1 saturated heterocycles. The van der Waals surface area contributed by atoms with Crippen LogP contribution >= 0.6 is 0 Å². The third kappa shape index (κ3) is 3.01. The molecule has 0 saturated carbocycles. The zero-order valence-electron chi connectivity index (χ0n) is 14.3. The van der Waals surface area contributed by atoms with Gasteiger partial charge in [-0.15, -0.1) is 0 Å². The zero-order chi connectivity index (χ0) is 16.7. The fourth-order valence-electron chi connectivity index (χ4n) is 2.16. The van der Waals surface area contributed by atoms with E-state index >= 15 is 0 Å². The predicted molar refractivity (Wildman–Crippen MR) is 86.3 cm³/mol. The molecule has 0 aliphatic carbocycles. The van der Waals surface area contributed by atoms with E-state index < -0.39 is 24.0 Å². The van der Waals surface area contributed by atoms with Gasteiger partial charge in [0.1, 0.15) is 17.9 Å². The van der Waals surface area contributed by atoms with Crippen LogP contribution in [0.15, 0.2) is 12.1 Å². The summed E-state index contributed by atoms with van der Waals surface area (Å²) in [6.45, 7) is 9.38. The molecule has 0 atom stereocenters. The fraction of sp³-hybridized carbons (Fsp3) is 0.600. The van der Waals surface area contributed by atoms with Gasteiger partial charge in [-0.25, -0.2) is 14.4 Å². The van der Waals surface area contributed by atoms with Crippen LogP contribution < -0.4 is 4.90 Å². The molecule has 1 aromatic heterocycles. The monoisotopic (exact) mass is 307 g/mol. The van der Waals surface area contributed by atoms with E-state index in [-0.39, 0.29) is 0 Å². The smallest absolute Gasteiger partial charge is 0.398 e. The van der Waals surface area contributed by atoms with Crippen molar-refractivity contribution in [1.29, 1.82) is 0 Å². The molecule has 0 spiro atoms. The van der Waals surface area contributed by atoms with Gasteiger partial charge in [0.15, 0.2) is 0 Å². The number of rotatable bonds is 3. The lowest BCUT2D eigenvalue weighted by Crippen LogP contribution is -2.41. The van der Waals surface area contributed by atoms with Crippen LogP contribution in [-0.2, 0) is 9.31 Å². The van der Waals surface area contributed by atoms with Crippen molar-refractivity contribution in [3.05, 3.63) is 23.3 Å². The lowest BCUT2D eigenvalue weighted by molar-refractivity contribution is 0.00578. The second-order valence-corrected chi connectivity index (χ2v) is 6.71. The van der Waals surface area contributed by atoms with Crippen molar-refractivity contribution in [2.75, 3.05) is 19.0 Å². The quantitative estimate of drug-likeness (QED) is 0.804. The summed E-state index contributed by atoms with van der Waals surface area (Å²) in [5, 5.41) is 0. The Hall–Kier alpha value is -1.47. The van der Waals surface area contributed by atoms with E-state index in [0.29, 0.717) is 17.1 Å². The van der Waals surface area contributed by atoms with Crippen LogP contribution in [0.25, 0.3) is 6.08 Å². The van der Waals surface area contributed by atoms with Gasteiger partial charge < -0.3 is 14.2 Å². The van der Waals surface area contributed by atoms with Crippen LogP contribution in [0.4, 0.5) is 10.2 Å². The number of nitrogens with zero attached hydrogens (tertiary/aromatic N) is 3. The number of hydrogen-bond acceptors (Lipinski definition) is 5. The first kappa shape index (κ1) is 16.9. The van der Waals surface area contributed by atoms with Crippen molar-refractivity contribution in [1.82, 2.24) is 9.97 Å². The third-order valence-electron chi connectivity index (χ3n) is 4.25. The van der Waals surface area contributed by atoms with Crippen LogP contribution in [0.2, 0.25) is 0 Å². The number of aryl methyl sites for hydroxylation is 1. The molecule has 1 aliphatic heterocycles. The Balaban J connectivity index is 2.36. The molecule has 1 fully saturated rings. The van der Waals surface area contributed by atoms with Crippen molar-refractivity contribution in [3.63, 3.8) is 0 Å². The molecule has 5 nitrogen and oxygen atoms in total. The Labute approximate surface area is 131 Å². The van der Waals surface area contributed by atoms with E-state index in [0.717, 1.165) is 0 Å². The topological polar surface area (TPSA) is 47.5 Å². The second kappa shape index (κ2) is 5.63. The largest absolute Gasteiger partial charge is 0.525 e. The minimum absolute atomic E-state index is 0.486. The SMILES string of the molecule is Cc1ncnc(N(C)C)c1C=C(F)B1OC(C)(C)C(C)(C)O1. The molecule has 1 aliphatic rings. The molecule has 0 N–H and O–H groups in total. The second-order valence-electron chi connectivity index (χ2n) is 6.71. The predicted octanol–water partition coefficient (Wildman–Crippen LogP) is 2.79. The molecule has 120 valence electrons. The number of anilines is 1. The maximum absolute atomic E-state index is 14.6. The van der Waals surface area contributed by atoms with Crippen molar-refractivity contribution in [2.24, 2.45) is 0 Å². The standard InChI is InChI=1S/C15H23BFN3O2/c1-10-11(13(20(6)7)19-9-18-10)8-12(17)16-21-14(2,3)15(4,5)22-16/h8-9H,1-7H3. The normalized spacial score (nSPS) is 20.4. The molecule has 0 radical (unpaired) electrons. The first-order valence-electron chi connectivity index (χ1n) is 7.27. The summed E-state index contributed by atoms with van der Waals surface area (Å²) < 4.78 is 26.1. The van der Waals surface area contributed by atoms with Crippen LogP contribution in [0.1, 0.15) is 39.0 Å². The molecule has 2 rings (SSSR count). The number of hydrogen-bond donors (Lipinski definition) is 0. The van der Waals surface area contributed by atoms with E-state index in [1.54, 1.807) is 0 Å². The highest BCUT2D eigenvalue weighted by molar-refractivity contribution is 6.54. The van der Waals surface area contributed by atoms with Gasteiger partial charge in [-0.05, 0) is 40.7 Å². The highest BCUT2D eigenvalue weighted by Gasteiger charge is 2.53. The Morgan fingerprint density at radius 3 is 2.23 bits per heavy atom. The first-order valence-corrected chi connectivity index (χ1v) is 7.27. The van der Waals surface area contributed by atoms with E-state index in [1.165, 1.54) is 12.4 Å². The molecule has 2 heterocycles. The van der Waals surface area contributed by atoms with Gasteiger partial charge in [0.2, 0.25) is 0 Å². The Kier molecular flexibility index (Phi) is 4.32. The minimum atomic E-state index is -1.01. The fourth-order valence-corrected chi connectivity index (χ4v) is 2.16. The number of halogens is 1. The van der Waals surface area contributed by atoms with Crippen LogP contribution in [-0.4, -0.2) is 42.4 Å². The summed E-state index contributed by atoms with van der Waals surface area (Å²) in [7, 11) is 2.69. The van der Waals surface area contributed by atoms with Gasteiger partial charge >= 0.3 is 7.12 Å². The Bertz CT molecular complexity index is 586. The van der Waals surface area contributed by atoms with Crippen molar-refractivity contribution in [3.8, 4) is 0 Å². The number of aromatic nitrogens is 2. The van der Waals surface area contributed by atoms with Gasteiger partial charge in [-0.3, -0.25) is 0 Å². The molecule has 7 heteroatoms. The average molecular weight is 307 g/mol. The summed E-state index contributed by atoms with van der Waals surface area (Å²) in [6, 6.07) is 0. The molecule has 0 aromatic carbocycles. The molecular weight excluding hydrogens is 284 g/mol. The summed E-state index contributed by atoms with van der Waals surface area (Å²) in [4.78, 5) is 10.1. The summed E-state index contributed by atoms with van der Waals surface area (Å²) >= 11 is 0. The van der Waals surface area contributed by atoms with E-state index in [1.807, 2.05) is 53.6 Å². The highest BCUT2D eigenvalue weighted by atomic mass is 19.1. The highest BCUT2D eigenvalue weighted by Crippen LogP contribution is 2.39. The molecule has 22 heavy (non-hydrogen) atoms. The van der Waals surface area contributed by atoms with Crippen LogP contribution in [0, 0.1) is 6.92 Å². The summed E-state index contributed by atoms with van der Waals surface area (Å²) in [6.07, 6.45) is 2.86. The van der Waals surface area contributed by atoms with Gasteiger partial charge in [0.25, 0.3) is 0 Å². The maximum Gasteiger partial charge on any atom is 0.525 e. The van der Waals surface area contributed by atoms with Crippen molar-refractivity contribution < 1.29 is 13.7 Å². The maximum atomic E-state index is 14.6. The summed E-state index contributed by atoms with van der Waals surface area (Å²) in [5.74, 6) is 0.652. The van der Waals surface area contributed by atoms with E-state index in [2.05, 4.69) is 9.97 Å². The van der Waals surface area contributed by atoms with Crippen LogP contribution in [0.5, 0.6) is 0 Å². The van der Waals surface area contributed by atoms with E-state index in [4.69, 9.17) is 9.31 Å². The van der Waals surface area contributed by atoms with Gasteiger partial charge in [0, 0.05) is 19.7 Å². The molecule has 0 amide bonds. The lowest BCUT2D eigenvalue weighted by Gasteiger charge is -2.32. The van der Waals surface area contributed by atoms with Gasteiger partial charge in [-0.1, -0.05) is 0 Å². The average Bonchev–Trinajstić information content (AvgIpc) is 2.60. The Morgan fingerprint density at radius 2 is 1.73 bits per heavy atom. The zero-order valence-corrected chi connectivity index (χ0v) is 14.3. The first-order chi connectivity index (χ1) is 10.0. The molecule has 0 unspecified atom stereocenters. The lowest BCUT2D eigenvalue weighted by atomic mass is 9.86. The minimum Gasteiger partial charge on any atom is -0.398 e. The van der Waals surface area contributed by atoms with E-state index in [9.17, 15) is 4.39 Å². The van der Waals surface area contributed by atoms with Crippen molar-refractivity contribution in [2.45, 2.75) is 45.8 Å². The Morgan fingerprint density at radius 1 is 1.18 bits per heavy atom. The molecule has 1 aromatic rings. The third-order valence-corrected chi connectivity index (χ3v) is 4.25. The summed E-state index contributed by atoms with van der Waals surface area (Å²) in [5.41, 5.74) is -0.310.